The number of rotatable bonds is 5. The lowest BCUT2D eigenvalue weighted by Gasteiger charge is -2.34. The predicted molar refractivity (Wildman–Crippen MR) is 206 cm³/mol. The lowest BCUT2D eigenvalue weighted by Crippen LogP contribution is -2.28. The first-order chi connectivity index (χ1) is 24.8. The largest absolute Gasteiger partial charge is 0.208 e. The highest BCUT2D eigenvalue weighted by molar-refractivity contribution is 7.25. The van der Waals surface area contributed by atoms with Crippen LogP contribution in [-0.2, 0) is 5.41 Å². The zero-order valence-electron chi connectivity index (χ0n) is 27.0. The highest BCUT2D eigenvalue weighted by atomic mass is 32.1. The summed E-state index contributed by atoms with van der Waals surface area (Å²) in [5.74, 6) is 1.96. The second-order valence-electron chi connectivity index (χ2n) is 12.8. The predicted octanol–water partition coefficient (Wildman–Crippen LogP) is 11.6. The van der Waals surface area contributed by atoms with Crippen molar-refractivity contribution in [3.05, 3.63) is 198 Å². The summed E-state index contributed by atoms with van der Waals surface area (Å²) in [4.78, 5) is 14.9. The van der Waals surface area contributed by atoms with E-state index in [-0.39, 0.29) is 0 Å². The van der Waals surface area contributed by atoms with Gasteiger partial charge in [-0.25, -0.2) is 15.0 Å². The Morgan fingerprint density at radius 3 is 1.42 bits per heavy atom. The molecule has 7 aromatic carbocycles. The fraction of sp³-hybridized carbons (Fsp3) is 0.0217. The Morgan fingerprint density at radius 1 is 0.360 bits per heavy atom. The standard InChI is InChI=1S/C46H29N3S/c1-3-13-30(14-4-1)43-47-44(31-15-5-2-6-16-31)49-45(48-43)32-23-25-33(26-24-32)46(39-20-10-7-17-35(39)36-18-8-11-21-40(36)46)34-27-28-42-38(29-34)37-19-9-12-22-41(37)50-42/h1-29H. The van der Waals surface area contributed by atoms with Crippen molar-refractivity contribution in [2.75, 3.05) is 0 Å². The van der Waals surface area contributed by atoms with Crippen molar-refractivity contribution in [2.45, 2.75) is 5.41 Å². The molecule has 3 nitrogen and oxygen atoms in total. The second kappa shape index (κ2) is 11.4. The minimum Gasteiger partial charge on any atom is -0.208 e. The Labute approximate surface area is 294 Å². The highest BCUT2D eigenvalue weighted by Gasteiger charge is 2.46. The molecule has 0 fully saturated rings. The molecule has 0 saturated heterocycles. The first-order valence-electron chi connectivity index (χ1n) is 16.9. The summed E-state index contributed by atoms with van der Waals surface area (Å²) < 4.78 is 2.62. The van der Waals surface area contributed by atoms with Gasteiger partial charge in [-0.3, -0.25) is 0 Å². The first-order valence-corrected chi connectivity index (χ1v) is 17.7. The lowest BCUT2D eigenvalue weighted by molar-refractivity contribution is 0.770. The normalized spacial score (nSPS) is 13.0. The number of benzene rings is 7. The van der Waals surface area contributed by atoms with E-state index in [1.807, 2.05) is 72.0 Å². The van der Waals surface area contributed by atoms with Gasteiger partial charge >= 0.3 is 0 Å². The van der Waals surface area contributed by atoms with Crippen LogP contribution in [0.15, 0.2) is 176 Å². The van der Waals surface area contributed by atoms with E-state index in [4.69, 9.17) is 15.0 Å². The third-order valence-electron chi connectivity index (χ3n) is 10.0. The van der Waals surface area contributed by atoms with Crippen LogP contribution in [0.4, 0.5) is 0 Å². The minimum atomic E-state index is -0.507. The maximum atomic E-state index is 5.01. The van der Waals surface area contributed by atoms with Gasteiger partial charge in [-0.1, -0.05) is 158 Å². The number of hydrogen-bond donors (Lipinski definition) is 0. The average Bonchev–Trinajstić information content (AvgIpc) is 3.72. The van der Waals surface area contributed by atoms with Crippen molar-refractivity contribution in [1.82, 2.24) is 15.0 Å². The number of aromatic nitrogens is 3. The molecule has 9 aromatic rings. The Bertz CT molecular complexity index is 2590. The van der Waals surface area contributed by atoms with E-state index in [9.17, 15) is 0 Å². The molecule has 0 spiro atoms. The van der Waals surface area contributed by atoms with Gasteiger partial charge in [-0.2, -0.15) is 0 Å². The molecule has 2 heterocycles. The van der Waals surface area contributed by atoms with Crippen molar-refractivity contribution in [2.24, 2.45) is 0 Å². The van der Waals surface area contributed by atoms with Gasteiger partial charge < -0.3 is 0 Å². The van der Waals surface area contributed by atoms with Gasteiger partial charge in [0, 0.05) is 36.9 Å². The van der Waals surface area contributed by atoms with Crippen molar-refractivity contribution >= 4 is 31.5 Å². The van der Waals surface area contributed by atoms with Gasteiger partial charge in [0.25, 0.3) is 0 Å². The van der Waals surface area contributed by atoms with Crippen LogP contribution < -0.4 is 0 Å². The average molecular weight is 656 g/mol. The van der Waals surface area contributed by atoms with E-state index in [1.165, 1.54) is 53.6 Å². The van der Waals surface area contributed by atoms with Gasteiger partial charge in [-0.15, -0.1) is 11.3 Å². The molecule has 10 rings (SSSR count). The molecule has 0 N–H and O–H groups in total. The Kier molecular flexibility index (Phi) is 6.58. The first kappa shape index (κ1) is 28.8. The fourth-order valence-corrected chi connectivity index (χ4v) is 8.88. The van der Waals surface area contributed by atoms with E-state index in [0.717, 1.165) is 16.7 Å². The Balaban J connectivity index is 1.19. The van der Waals surface area contributed by atoms with Crippen LogP contribution in [0, 0.1) is 0 Å². The lowest BCUT2D eigenvalue weighted by atomic mass is 9.67. The van der Waals surface area contributed by atoms with Crippen LogP contribution in [0.1, 0.15) is 22.3 Å². The SMILES string of the molecule is c1ccc(-c2nc(-c3ccccc3)nc(-c3ccc(C4(c5ccc6sc7ccccc7c6c5)c5ccccc5-c5ccccc54)cc3)n2)cc1. The molecular weight excluding hydrogens is 627 g/mol. The summed E-state index contributed by atoms with van der Waals surface area (Å²) in [5.41, 5.74) is 9.97. The summed E-state index contributed by atoms with van der Waals surface area (Å²) in [6.45, 7) is 0. The summed E-state index contributed by atoms with van der Waals surface area (Å²) >= 11 is 1.86. The second-order valence-corrected chi connectivity index (χ2v) is 13.8. The van der Waals surface area contributed by atoms with Crippen molar-refractivity contribution in [1.29, 1.82) is 0 Å². The molecule has 0 amide bonds. The van der Waals surface area contributed by atoms with Crippen LogP contribution in [0.5, 0.6) is 0 Å². The molecular formula is C46H29N3S. The van der Waals surface area contributed by atoms with Gasteiger partial charge in [-0.05, 0) is 51.6 Å². The molecule has 1 aliphatic rings. The van der Waals surface area contributed by atoms with Crippen LogP contribution in [0.2, 0.25) is 0 Å². The highest BCUT2D eigenvalue weighted by Crippen LogP contribution is 2.56. The fourth-order valence-electron chi connectivity index (χ4n) is 7.79. The summed E-state index contributed by atoms with van der Waals surface area (Å²) in [6.07, 6.45) is 0. The molecule has 0 saturated carbocycles. The molecule has 0 bridgehead atoms. The van der Waals surface area contributed by atoms with E-state index < -0.39 is 5.41 Å². The van der Waals surface area contributed by atoms with Gasteiger partial charge in [0.2, 0.25) is 0 Å². The molecule has 2 aromatic heterocycles. The van der Waals surface area contributed by atoms with Gasteiger partial charge in [0.05, 0.1) is 5.41 Å². The topological polar surface area (TPSA) is 38.7 Å². The van der Waals surface area contributed by atoms with Crippen molar-refractivity contribution in [3.8, 4) is 45.3 Å². The number of thiophene rings is 1. The quantitative estimate of drug-likeness (QED) is 0.185. The maximum absolute atomic E-state index is 5.01. The third-order valence-corrected chi connectivity index (χ3v) is 11.2. The zero-order chi connectivity index (χ0) is 33.1. The smallest absolute Gasteiger partial charge is 0.164 e. The number of nitrogens with zero attached hydrogens (tertiary/aromatic N) is 3. The van der Waals surface area contributed by atoms with Crippen molar-refractivity contribution in [3.63, 3.8) is 0 Å². The minimum absolute atomic E-state index is 0.507. The van der Waals surface area contributed by atoms with Crippen LogP contribution in [0.25, 0.3) is 65.5 Å². The van der Waals surface area contributed by atoms with E-state index in [0.29, 0.717) is 17.5 Å². The molecule has 50 heavy (non-hydrogen) atoms. The van der Waals surface area contributed by atoms with Crippen LogP contribution in [-0.4, -0.2) is 15.0 Å². The van der Waals surface area contributed by atoms with E-state index in [2.05, 4.69) is 115 Å². The Morgan fingerprint density at radius 2 is 0.820 bits per heavy atom. The molecule has 1 aliphatic carbocycles. The van der Waals surface area contributed by atoms with Gasteiger partial charge in [0.1, 0.15) is 0 Å². The Hall–Kier alpha value is -6.23. The monoisotopic (exact) mass is 655 g/mol. The molecule has 0 unspecified atom stereocenters. The molecule has 0 atom stereocenters. The molecule has 0 radical (unpaired) electrons. The third kappa shape index (κ3) is 4.39. The molecule has 0 aliphatic heterocycles. The van der Waals surface area contributed by atoms with E-state index >= 15 is 0 Å². The number of fused-ring (bicyclic) bond motifs is 6. The number of hydrogen-bond acceptors (Lipinski definition) is 4. The van der Waals surface area contributed by atoms with Crippen LogP contribution >= 0.6 is 11.3 Å². The maximum Gasteiger partial charge on any atom is 0.164 e. The summed E-state index contributed by atoms with van der Waals surface area (Å²) in [6, 6.07) is 62.8. The molecule has 4 heteroatoms. The van der Waals surface area contributed by atoms with Crippen LogP contribution in [0.3, 0.4) is 0 Å². The zero-order valence-corrected chi connectivity index (χ0v) is 27.8. The van der Waals surface area contributed by atoms with Crippen molar-refractivity contribution < 1.29 is 0 Å². The van der Waals surface area contributed by atoms with E-state index in [1.54, 1.807) is 0 Å². The molecule has 234 valence electrons. The summed E-state index contributed by atoms with van der Waals surface area (Å²) in [5, 5.41) is 2.60. The van der Waals surface area contributed by atoms with Gasteiger partial charge in [0.15, 0.2) is 17.5 Å². The summed E-state index contributed by atoms with van der Waals surface area (Å²) in [7, 11) is 0.